The maximum Gasteiger partial charge on any atom is 0.339 e. The van der Waals surface area contributed by atoms with E-state index >= 15 is 0 Å². The number of ether oxygens (including phenoxy) is 1. The number of hydrogen-bond donors (Lipinski definition) is 1. The van der Waals surface area contributed by atoms with Crippen LogP contribution in [0.4, 0.5) is 0 Å². The van der Waals surface area contributed by atoms with Crippen molar-refractivity contribution in [1.82, 2.24) is 10.3 Å². The van der Waals surface area contributed by atoms with Gasteiger partial charge in [-0.1, -0.05) is 13.3 Å². The fourth-order valence-electron chi connectivity index (χ4n) is 2.25. The van der Waals surface area contributed by atoms with E-state index in [1.165, 1.54) is 0 Å². The predicted octanol–water partition coefficient (Wildman–Crippen LogP) is 1.86. The van der Waals surface area contributed by atoms with Gasteiger partial charge in [-0.15, -0.1) is 0 Å². The predicted molar refractivity (Wildman–Crippen MR) is 69.6 cm³/mol. The van der Waals surface area contributed by atoms with Gasteiger partial charge in [-0.25, -0.2) is 4.79 Å². The second kappa shape index (κ2) is 5.96. The van der Waals surface area contributed by atoms with Crippen LogP contribution in [-0.4, -0.2) is 24.1 Å². The van der Waals surface area contributed by atoms with Crippen molar-refractivity contribution in [2.75, 3.05) is 13.2 Å². The monoisotopic (exact) mass is 248 g/mol. The molecule has 2 heterocycles. The molecule has 0 atom stereocenters. The summed E-state index contributed by atoms with van der Waals surface area (Å²) in [5.41, 5.74) is 3.78. The third-order valence-electron chi connectivity index (χ3n) is 3.11. The molecule has 4 heteroatoms. The Morgan fingerprint density at radius 1 is 1.50 bits per heavy atom. The van der Waals surface area contributed by atoms with E-state index in [0.29, 0.717) is 12.2 Å². The molecule has 2 rings (SSSR count). The van der Waals surface area contributed by atoms with Crippen molar-refractivity contribution in [1.29, 1.82) is 0 Å². The van der Waals surface area contributed by atoms with Gasteiger partial charge in [0.1, 0.15) is 0 Å². The number of fused-ring (bicyclic) bond motifs is 1. The number of aromatic nitrogens is 1. The van der Waals surface area contributed by atoms with Gasteiger partial charge < -0.3 is 10.1 Å². The van der Waals surface area contributed by atoms with E-state index in [2.05, 4.69) is 17.2 Å². The molecule has 18 heavy (non-hydrogen) atoms. The van der Waals surface area contributed by atoms with Crippen molar-refractivity contribution in [2.45, 2.75) is 39.7 Å². The van der Waals surface area contributed by atoms with Crippen LogP contribution in [0.3, 0.4) is 0 Å². The summed E-state index contributed by atoms with van der Waals surface area (Å²) in [6, 6.07) is 1.96. The molecular formula is C14H20N2O2. The summed E-state index contributed by atoms with van der Waals surface area (Å²) in [6.45, 7) is 6.08. The minimum atomic E-state index is -0.248. The first-order chi connectivity index (χ1) is 8.76. The first-order valence-electron chi connectivity index (χ1n) is 6.65. The molecule has 1 aromatic rings. The van der Waals surface area contributed by atoms with Gasteiger partial charge in [-0.3, -0.25) is 4.98 Å². The smallest absolute Gasteiger partial charge is 0.339 e. The molecule has 0 saturated heterocycles. The standard InChI is InChI=1S/C14H20N2O2/c1-3-5-13-11(14(17)18-4-2)8-10-9-15-7-6-12(10)16-13/h8,15H,3-7,9H2,1-2H3. The van der Waals surface area contributed by atoms with Gasteiger partial charge in [0.15, 0.2) is 0 Å². The average Bonchev–Trinajstić information content (AvgIpc) is 2.38. The molecule has 0 aliphatic carbocycles. The molecule has 4 nitrogen and oxygen atoms in total. The number of pyridine rings is 1. The Hall–Kier alpha value is -1.42. The number of nitrogens with zero attached hydrogens (tertiary/aromatic N) is 1. The lowest BCUT2D eigenvalue weighted by atomic mass is 10.0. The van der Waals surface area contributed by atoms with Crippen molar-refractivity contribution in [3.05, 3.63) is 28.6 Å². The second-order valence-corrected chi connectivity index (χ2v) is 4.49. The lowest BCUT2D eigenvalue weighted by molar-refractivity contribution is 0.0524. The SMILES string of the molecule is CCCc1nc2c(cc1C(=O)OCC)CNCC2. The summed E-state index contributed by atoms with van der Waals surface area (Å²) in [6.07, 6.45) is 2.75. The van der Waals surface area contributed by atoms with Crippen LogP contribution in [0.5, 0.6) is 0 Å². The molecule has 1 aliphatic rings. The van der Waals surface area contributed by atoms with Crippen LogP contribution in [0.25, 0.3) is 0 Å². The molecule has 1 aromatic heterocycles. The van der Waals surface area contributed by atoms with Crippen molar-refractivity contribution in [3.63, 3.8) is 0 Å². The van der Waals surface area contributed by atoms with Crippen molar-refractivity contribution >= 4 is 5.97 Å². The number of esters is 1. The van der Waals surface area contributed by atoms with Gasteiger partial charge in [0.05, 0.1) is 17.9 Å². The summed E-state index contributed by atoms with van der Waals surface area (Å²) in [7, 11) is 0. The topological polar surface area (TPSA) is 51.2 Å². The van der Waals surface area contributed by atoms with Crippen LogP contribution in [-0.2, 0) is 24.1 Å². The molecule has 0 aromatic carbocycles. The summed E-state index contributed by atoms with van der Waals surface area (Å²) < 4.78 is 5.11. The zero-order valence-corrected chi connectivity index (χ0v) is 11.1. The van der Waals surface area contributed by atoms with Gasteiger partial charge in [-0.2, -0.15) is 0 Å². The summed E-state index contributed by atoms with van der Waals surface area (Å²) >= 11 is 0. The Balaban J connectivity index is 2.38. The molecule has 0 radical (unpaired) electrons. The zero-order valence-electron chi connectivity index (χ0n) is 11.1. The van der Waals surface area contributed by atoms with E-state index in [9.17, 15) is 4.79 Å². The summed E-state index contributed by atoms with van der Waals surface area (Å²) in [4.78, 5) is 16.6. The normalized spacial score (nSPS) is 14.1. The van der Waals surface area contributed by atoms with Crippen LogP contribution in [0.2, 0.25) is 0 Å². The third-order valence-corrected chi connectivity index (χ3v) is 3.11. The van der Waals surface area contributed by atoms with E-state index in [4.69, 9.17) is 4.74 Å². The van der Waals surface area contributed by atoms with Gasteiger partial charge in [-0.05, 0) is 25.0 Å². The van der Waals surface area contributed by atoms with Gasteiger partial charge >= 0.3 is 5.97 Å². The fourth-order valence-corrected chi connectivity index (χ4v) is 2.25. The van der Waals surface area contributed by atoms with E-state index in [1.807, 2.05) is 13.0 Å². The molecule has 0 fully saturated rings. The fraction of sp³-hybridized carbons (Fsp3) is 0.571. The highest BCUT2D eigenvalue weighted by molar-refractivity contribution is 5.91. The highest BCUT2D eigenvalue weighted by atomic mass is 16.5. The number of carbonyl (C=O) groups excluding carboxylic acids is 1. The lowest BCUT2D eigenvalue weighted by Crippen LogP contribution is -2.26. The first kappa shape index (κ1) is 13.0. The Kier molecular flexibility index (Phi) is 4.31. The second-order valence-electron chi connectivity index (χ2n) is 4.49. The highest BCUT2D eigenvalue weighted by Gasteiger charge is 2.19. The Labute approximate surface area is 108 Å². The average molecular weight is 248 g/mol. The first-order valence-corrected chi connectivity index (χ1v) is 6.65. The Morgan fingerprint density at radius 2 is 2.33 bits per heavy atom. The van der Waals surface area contributed by atoms with Crippen LogP contribution in [0.1, 0.15) is 47.6 Å². The molecule has 1 aliphatic heterocycles. The maximum absolute atomic E-state index is 11.9. The molecule has 0 spiro atoms. The van der Waals surface area contributed by atoms with Crippen molar-refractivity contribution in [3.8, 4) is 0 Å². The molecule has 0 bridgehead atoms. The minimum absolute atomic E-state index is 0.248. The van der Waals surface area contributed by atoms with Crippen molar-refractivity contribution < 1.29 is 9.53 Å². The molecule has 0 saturated carbocycles. The van der Waals surface area contributed by atoms with Gasteiger partial charge in [0, 0.05) is 25.2 Å². The van der Waals surface area contributed by atoms with Crippen LogP contribution in [0, 0.1) is 0 Å². The molecule has 0 amide bonds. The number of nitrogens with one attached hydrogen (secondary N) is 1. The molecule has 1 N–H and O–H groups in total. The molecular weight excluding hydrogens is 228 g/mol. The minimum Gasteiger partial charge on any atom is -0.462 e. The van der Waals surface area contributed by atoms with Crippen molar-refractivity contribution in [2.24, 2.45) is 0 Å². The molecule has 98 valence electrons. The van der Waals surface area contributed by atoms with Gasteiger partial charge in [0.2, 0.25) is 0 Å². The van der Waals surface area contributed by atoms with E-state index in [1.54, 1.807) is 0 Å². The summed E-state index contributed by atoms with van der Waals surface area (Å²) in [5, 5.41) is 3.30. The number of aryl methyl sites for hydroxylation is 1. The van der Waals surface area contributed by atoms with Crippen LogP contribution < -0.4 is 5.32 Å². The number of hydrogen-bond acceptors (Lipinski definition) is 4. The van der Waals surface area contributed by atoms with Crippen LogP contribution in [0.15, 0.2) is 6.07 Å². The molecule has 0 unspecified atom stereocenters. The Bertz CT molecular complexity index is 444. The lowest BCUT2D eigenvalue weighted by Gasteiger charge is -2.19. The van der Waals surface area contributed by atoms with Gasteiger partial charge in [0.25, 0.3) is 0 Å². The zero-order chi connectivity index (χ0) is 13.0. The number of carbonyl (C=O) groups is 1. The third kappa shape index (κ3) is 2.70. The maximum atomic E-state index is 11.9. The summed E-state index contributed by atoms with van der Waals surface area (Å²) in [5.74, 6) is -0.248. The largest absolute Gasteiger partial charge is 0.462 e. The van der Waals surface area contributed by atoms with E-state index in [-0.39, 0.29) is 5.97 Å². The van der Waals surface area contributed by atoms with E-state index in [0.717, 1.165) is 49.3 Å². The number of rotatable bonds is 4. The van der Waals surface area contributed by atoms with Crippen LogP contribution >= 0.6 is 0 Å². The van der Waals surface area contributed by atoms with E-state index < -0.39 is 0 Å². The quantitative estimate of drug-likeness (QED) is 0.826. The Morgan fingerprint density at radius 3 is 3.06 bits per heavy atom. The highest BCUT2D eigenvalue weighted by Crippen LogP contribution is 2.19.